The zero-order valence-corrected chi connectivity index (χ0v) is 28.1. The van der Waals surface area contributed by atoms with Gasteiger partial charge >= 0.3 is 0 Å². The molecular weight excluding hydrogens is 635 g/mol. The van der Waals surface area contributed by atoms with Gasteiger partial charge in [-0.25, -0.2) is 4.98 Å². The number of anilines is 3. The molecule has 0 atom stereocenters. The first-order chi connectivity index (χ1) is 25.8. The van der Waals surface area contributed by atoms with Crippen LogP contribution in [0, 0.1) is 0 Å². The lowest BCUT2D eigenvalue weighted by Crippen LogP contribution is -2.10. The molecule has 0 amide bonds. The molecule has 0 N–H and O–H groups in total. The molecule has 7 aromatic carbocycles. The number of pyridine rings is 2. The van der Waals surface area contributed by atoms with Crippen molar-refractivity contribution in [1.82, 2.24) is 9.97 Å². The van der Waals surface area contributed by atoms with Crippen LogP contribution in [0.1, 0.15) is 0 Å². The second-order valence-corrected chi connectivity index (χ2v) is 13.0. The Labute approximate surface area is 300 Å². The van der Waals surface area contributed by atoms with Gasteiger partial charge in [0.15, 0.2) is 0 Å². The Bertz CT molecular complexity index is 2800. The third kappa shape index (κ3) is 5.09. The monoisotopic (exact) mass is 665 g/mol. The van der Waals surface area contributed by atoms with Crippen LogP contribution >= 0.6 is 0 Å². The summed E-state index contributed by atoms with van der Waals surface area (Å²) in [7, 11) is 0. The summed E-state index contributed by atoms with van der Waals surface area (Å²) in [6, 6.07) is 63.8. The van der Waals surface area contributed by atoms with Crippen LogP contribution < -0.4 is 4.90 Å². The minimum Gasteiger partial charge on any atom is -0.455 e. The lowest BCUT2D eigenvalue weighted by molar-refractivity contribution is 0.670. The summed E-state index contributed by atoms with van der Waals surface area (Å²) in [4.78, 5) is 12.3. The molecule has 0 saturated heterocycles. The maximum Gasteiger partial charge on any atom is 0.146 e. The number of aromatic nitrogens is 2. The first-order valence-corrected chi connectivity index (χ1v) is 17.5. The van der Waals surface area contributed by atoms with Gasteiger partial charge in [-0.2, -0.15) is 0 Å². The number of fused-ring (bicyclic) bond motifs is 6. The number of nitrogens with zero attached hydrogens (tertiary/aromatic N) is 3. The highest BCUT2D eigenvalue weighted by Gasteiger charge is 2.23. The molecule has 0 bridgehead atoms. The van der Waals surface area contributed by atoms with E-state index in [1.165, 1.54) is 22.3 Å². The first kappa shape index (κ1) is 29.8. The van der Waals surface area contributed by atoms with Crippen LogP contribution in [0.25, 0.3) is 77.3 Å². The molecule has 10 rings (SSSR count). The van der Waals surface area contributed by atoms with Crippen LogP contribution in [0.3, 0.4) is 0 Å². The largest absolute Gasteiger partial charge is 0.455 e. The highest BCUT2D eigenvalue weighted by atomic mass is 16.3. The summed E-state index contributed by atoms with van der Waals surface area (Å²) < 4.78 is 6.77. The van der Waals surface area contributed by atoms with Crippen molar-refractivity contribution in [1.29, 1.82) is 0 Å². The Balaban J connectivity index is 1.19. The van der Waals surface area contributed by atoms with Crippen LogP contribution in [-0.4, -0.2) is 9.97 Å². The molecule has 0 aliphatic rings. The normalized spacial score (nSPS) is 11.5. The van der Waals surface area contributed by atoms with E-state index in [1.807, 2.05) is 24.4 Å². The van der Waals surface area contributed by atoms with E-state index in [2.05, 4.69) is 169 Å². The van der Waals surface area contributed by atoms with Crippen molar-refractivity contribution in [2.75, 3.05) is 4.90 Å². The third-order valence-electron chi connectivity index (χ3n) is 9.92. The van der Waals surface area contributed by atoms with E-state index in [-0.39, 0.29) is 0 Å². The zero-order valence-electron chi connectivity index (χ0n) is 28.1. The molecular formula is C48H31N3O. The maximum absolute atomic E-state index is 6.77. The predicted molar refractivity (Wildman–Crippen MR) is 215 cm³/mol. The molecule has 0 aliphatic heterocycles. The van der Waals surface area contributed by atoms with E-state index < -0.39 is 0 Å². The Morgan fingerprint density at radius 2 is 1.02 bits per heavy atom. The fourth-order valence-electron chi connectivity index (χ4n) is 7.37. The third-order valence-corrected chi connectivity index (χ3v) is 9.92. The van der Waals surface area contributed by atoms with Gasteiger partial charge in [-0.05, 0) is 76.9 Å². The Morgan fingerprint density at radius 1 is 0.442 bits per heavy atom. The summed E-state index contributed by atoms with van der Waals surface area (Å²) in [5.41, 5.74) is 13.0. The van der Waals surface area contributed by atoms with E-state index in [0.717, 1.165) is 72.1 Å². The molecule has 0 aliphatic carbocycles. The standard InChI is InChI=1S/C48H31N3O/c1-3-10-32(11-4-1)34-19-24-38(25-20-34)51(39-26-21-35(22-27-39)33-12-5-2-6-13-33)43-30-28-40(48-45(43)41-15-7-8-16-44(41)52-48)42-29-23-37-18-17-36-14-9-31-49-46(36)47(37)50-42/h1-31H. The molecule has 244 valence electrons. The fraction of sp³-hybridized carbons (Fsp3) is 0. The highest BCUT2D eigenvalue weighted by Crippen LogP contribution is 2.46. The van der Waals surface area contributed by atoms with Gasteiger partial charge in [0, 0.05) is 39.3 Å². The van der Waals surface area contributed by atoms with Crippen LogP contribution in [0.2, 0.25) is 0 Å². The molecule has 0 saturated carbocycles. The summed E-state index contributed by atoms with van der Waals surface area (Å²) >= 11 is 0. The van der Waals surface area contributed by atoms with E-state index >= 15 is 0 Å². The minimum absolute atomic E-state index is 0.797. The number of hydrogen-bond acceptors (Lipinski definition) is 4. The predicted octanol–water partition coefficient (Wildman–Crippen LogP) is 13.2. The Kier molecular flexibility index (Phi) is 7.10. The first-order valence-electron chi connectivity index (χ1n) is 17.5. The second kappa shape index (κ2) is 12.4. The van der Waals surface area contributed by atoms with Gasteiger partial charge < -0.3 is 9.32 Å². The van der Waals surface area contributed by atoms with Crippen molar-refractivity contribution in [3.63, 3.8) is 0 Å². The van der Waals surface area contributed by atoms with E-state index in [9.17, 15) is 0 Å². The van der Waals surface area contributed by atoms with Crippen molar-refractivity contribution < 1.29 is 4.42 Å². The average Bonchev–Trinajstić information content (AvgIpc) is 3.62. The van der Waals surface area contributed by atoms with Crippen molar-refractivity contribution in [3.05, 3.63) is 188 Å². The number of rotatable bonds is 6. The van der Waals surface area contributed by atoms with Crippen LogP contribution in [0.5, 0.6) is 0 Å². The van der Waals surface area contributed by atoms with Gasteiger partial charge in [0.05, 0.1) is 27.8 Å². The quantitative estimate of drug-likeness (QED) is 0.166. The summed E-state index contributed by atoms with van der Waals surface area (Å²) in [5.74, 6) is 0. The fourth-order valence-corrected chi connectivity index (χ4v) is 7.37. The van der Waals surface area contributed by atoms with Gasteiger partial charge in [0.25, 0.3) is 0 Å². The molecule has 0 spiro atoms. The van der Waals surface area contributed by atoms with Crippen molar-refractivity contribution in [3.8, 4) is 33.5 Å². The van der Waals surface area contributed by atoms with Crippen molar-refractivity contribution in [2.45, 2.75) is 0 Å². The van der Waals surface area contributed by atoms with Crippen molar-refractivity contribution >= 4 is 60.8 Å². The minimum atomic E-state index is 0.797. The molecule has 0 radical (unpaired) electrons. The molecule has 3 aromatic heterocycles. The van der Waals surface area contributed by atoms with Gasteiger partial charge in [0.1, 0.15) is 11.2 Å². The average molecular weight is 666 g/mol. The molecule has 4 nitrogen and oxygen atoms in total. The molecule has 52 heavy (non-hydrogen) atoms. The molecule has 3 heterocycles. The lowest BCUT2D eigenvalue weighted by atomic mass is 10.0. The highest BCUT2D eigenvalue weighted by molar-refractivity contribution is 6.17. The zero-order chi connectivity index (χ0) is 34.4. The molecule has 0 fully saturated rings. The summed E-state index contributed by atoms with van der Waals surface area (Å²) in [6.45, 7) is 0. The second-order valence-electron chi connectivity index (χ2n) is 13.0. The van der Waals surface area contributed by atoms with E-state index in [4.69, 9.17) is 14.4 Å². The van der Waals surface area contributed by atoms with Crippen molar-refractivity contribution in [2.24, 2.45) is 0 Å². The number of para-hydroxylation sites is 1. The van der Waals surface area contributed by atoms with E-state index in [1.54, 1.807) is 0 Å². The number of furan rings is 1. The molecule has 0 unspecified atom stereocenters. The SMILES string of the molecule is c1ccc(-c2ccc(N(c3ccc(-c4ccccc4)cc3)c3ccc(-c4ccc5ccc6cccnc6c5n4)c4oc5ccccc5c34)cc2)cc1. The number of hydrogen-bond donors (Lipinski definition) is 0. The van der Waals surface area contributed by atoms with Gasteiger partial charge in [-0.15, -0.1) is 0 Å². The topological polar surface area (TPSA) is 42.2 Å². The lowest BCUT2D eigenvalue weighted by Gasteiger charge is -2.27. The van der Waals surface area contributed by atoms with Crippen LogP contribution in [0.15, 0.2) is 193 Å². The summed E-state index contributed by atoms with van der Waals surface area (Å²) in [5, 5.41) is 4.20. The van der Waals surface area contributed by atoms with Crippen LogP contribution in [-0.2, 0) is 0 Å². The Hall–Kier alpha value is -7.04. The molecule has 10 aromatic rings. The van der Waals surface area contributed by atoms with Gasteiger partial charge in [-0.1, -0.05) is 127 Å². The van der Waals surface area contributed by atoms with Gasteiger partial charge in [-0.3, -0.25) is 4.98 Å². The van der Waals surface area contributed by atoms with Gasteiger partial charge in [0.2, 0.25) is 0 Å². The molecule has 4 heteroatoms. The van der Waals surface area contributed by atoms with E-state index in [0.29, 0.717) is 0 Å². The Morgan fingerprint density at radius 3 is 1.69 bits per heavy atom. The number of benzene rings is 7. The maximum atomic E-state index is 6.77. The smallest absolute Gasteiger partial charge is 0.146 e. The van der Waals surface area contributed by atoms with Crippen LogP contribution in [0.4, 0.5) is 17.1 Å². The summed E-state index contributed by atoms with van der Waals surface area (Å²) in [6.07, 6.45) is 1.83.